The highest BCUT2D eigenvalue weighted by Crippen LogP contribution is 2.23. The van der Waals surface area contributed by atoms with Gasteiger partial charge in [0.25, 0.3) is 0 Å². The Bertz CT molecular complexity index is 335. The molecule has 0 aromatic heterocycles. The minimum Gasteiger partial charge on any atom is -0.326 e. The number of benzene rings is 1. The van der Waals surface area contributed by atoms with Crippen LogP contribution in [0.5, 0.6) is 0 Å². The molecule has 0 heterocycles. The fraction of sp³-hybridized carbons (Fsp3) is 0.538. The van der Waals surface area contributed by atoms with E-state index in [4.69, 9.17) is 5.73 Å². The third-order valence-corrected chi connectivity index (χ3v) is 3.11. The largest absolute Gasteiger partial charge is 0.326 e. The smallest absolute Gasteiger partial charge is 0.127 e. The van der Waals surface area contributed by atoms with Gasteiger partial charge in [0.15, 0.2) is 0 Å². The maximum atomic E-state index is 13.7. The van der Waals surface area contributed by atoms with E-state index in [0.717, 1.165) is 24.2 Å². The lowest BCUT2D eigenvalue weighted by molar-refractivity contribution is 0.229. The topological polar surface area (TPSA) is 29.3 Å². The molecule has 0 spiro atoms. The zero-order chi connectivity index (χ0) is 12.1. The summed E-state index contributed by atoms with van der Waals surface area (Å²) in [4.78, 5) is 2.22. The van der Waals surface area contributed by atoms with Crippen LogP contribution in [-0.4, -0.2) is 18.0 Å². The summed E-state index contributed by atoms with van der Waals surface area (Å²) in [5.41, 5.74) is 7.30. The molecular weight excluding hydrogens is 203 g/mol. The number of halogens is 1. The molecule has 16 heavy (non-hydrogen) atoms. The summed E-state index contributed by atoms with van der Waals surface area (Å²) in [5.74, 6) is -0.142. The minimum absolute atomic E-state index is 0.0986. The number of hydrogen-bond acceptors (Lipinski definition) is 2. The van der Waals surface area contributed by atoms with Crippen LogP contribution in [0.15, 0.2) is 18.2 Å². The van der Waals surface area contributed by atoms with E-state index in [-0.39, 0.29) is 11.9 Å². The first kappa shape index (κ1) is 13.1. The monoisotopic (exact) mass is 224 g/mol. The Morgan fingerprint density at radius 2 is 1.94 bits per heavy atom. The molecule has 0 aliphatic rings. The molecule has 0 fully saturated rings. The maximum absolute atomic E-state index is 13.7. The molecule has 0 bridgehead atoms. The van der Waals surface area contributed by atoms with Gasteiger partial charge in [0, 0.05) is 18.2 Å². The first-order valence-electron chi connectivity index (χ1n) is 5.86. The summed E-state index contributed by atoms with van der Waals surface area (Å²) in [6, 6.07) is 5.23. The summed E-state index contributed by atoms with van der Waals surface area (Å²) in [6.45, 7) is 8.51. The molecule has 0 saturated heterocycles. The second-order valence-corrected chi connectivity index (χ2v) is 3.96. The Labute approximate surface area is 97.3 Å². The second-order valence-electron chi connectivity index (χ2n) is 3.96. The lowest BCUT2D eigenvalue weighted by atomic mass is 10.0. The van der Waals surface area contributed by atoms with Gasteiger partial charge in [-0.15, -0.1) is 0 Å². The number of nitrogens with zero attached hydrogens (tertiary/aromatic N) is 1. The summed E-state index contributed by atoms with van der Waals surface area (Å²) in [7, 11) is 0. The Kier molecular flexibility index (Phi) is 4.90. The lowest BCUT2D eigenvalue weighted by Crippen LogP contribution is -2.27. The van der Waals surface area contributed by atoms with Gasteiger partial charge in [0.05, 0.1) is 0 Å². The summed E-state index contributed by atoms with van der Waals surface area (Å²) < 4.78 is 13.7. The third-order valence-electron chi connectivity index (χ3n) is 3.11. The van der Waals surface area contributed by atoms with Crippen molar-refractivity contribution in [3.63, 3.8) is 0 Å². The van der Waals surface area contributed by atoms with Crippen LogP contribution in [0.1, 0.15) is 37.9 Å². The van der Waals surface area contributed by atoms with Gasteiger partial charge in [-0.1, -0.05) is 26.0 Å². The van der Waals surface area contributed by atoms with Crippen molar-refractivity contribution in [2.45, 2.75) is 33.4 Å². The van der Waals surface area contributed by atoms with E-state index in [1.54, 1.807) is 6.07 Å². The standard InChI is InChI=1S/C13H21FN2/c1-4-16(5-2)10(3)12-8-11(9-15)6-7-13(12)14/h6-8,10H,4-5,9,15H2,1-3H3. The highest BCUT2D eigenvalue weighted by atomic mass is 19.1. The molecule has 1 rings (SSSR count). The van der Waals surface area contributed by atoms with E-state index in [1.165, 1.54) is 6.07 Å². The number of nitrogens with two attached hydrogens (primary N) is 1. The zero-order valence-electron chi connectivity index (χ0n) is 10.3. The fourth-order valence-corrected chi connectivity index (χ4v) is 2.01. The zero-order valence-corrected chi connectivity index (χ0v) is 10.3. The van der Waals surface area contributed by atoms with Gasteiger partial charge in [0.2, 0.25) is 0 Å². The van der Waals surface area contributed by atoms with Crippen molar-refractivity contribution in [2.24, 2.45) is 5.73 Å². The molecule has 1 aromatic carbocycles. The molecule has 0 aliphatic heterocycles. The van der Waals surface area contributed by atoms with Crippen LogP contribution in [-0.2, 0) is 6.54 Å². The van der Waals surface area contributed by atoms with Crippen LogP contribution < -0.4 is 5.73 Å². The van der Waals surface area contributed by atoms with Crippen LogP contribution in [0.4, 0.5) is 4.39 Å². The van der Waals surface area contributed by atoms with E-state index in [0.29, 0.717) is 6.54 Å². The molecule has 1 aromatic rings. The predicted molar refractivity (Wildman–Crippen MR) is 65.6 cm³/mol. The molecule has 2 nitrogen and oxygen atoms in total. The van der Waals surface area contributed by atoms with Crippen LogP contribution in [0.25, 0.3) is 0 Å². The van der Waals surface area contributed by atoms with E-state index in [1.807, 2.05) is 13.0 Å². The van der Waals surface area contributed by atoms with E-state index in [9.17, 15) is 4.39 Å². The van der Waals surface area contributed by atoms with Crippen LogP contribution in [0.3, 0.4) is 0 Å². The molecule has 1 atom stereocenters. The Morgan fingerprint density at radius 1 is 1.31 bits per heavy atom. The molecule has 2 N–H and O–H groups in total. The van der Waals surface area contributed by atoms with E-state index in [2.05, 4.69) is 18.7 Å². The van der Waals surface area contributed by atoms with Crippen LogP contribution >= 0.6 is 0 Å². The molecule has 0 saturated carbocycles. The van der Waals surface area contributed by atoms with Crippen molar-refractivity contribution < 1.29 is 4.39 Å². The van der Waals surface area contributed by atoms with Gasteiger partial charge in [-0.25, -0.2) is 4.39 Å². The van der Waals surface area contributed by atoms with E-state index < -0.39 is 0 Å². The molecular formula is C13H21FN2. The van der Waals surface area contributed by atoms with Gasteiger partial charge in [-0.2, -0.15) is 0 Å². The Balaban J connectivity index is 3.01. The highest BCUT2D eigenvalue weighted by Gasteiger charge is 2.16. The molecule has 3 heteroatoms. The summed E-state index contributed by atoms with van der Waals surface area (Å²) in [6.07, 6.45) is 0. The average molecular weight is 224 g/mol. The first-order chi connectivity index (χ1) is 7.63. The van der Waals surface area contributed by atoms with Crippen molar-refractivity contribution in [3.8, 4) is 0 Å². The van der Waals surface area contributed by atoms with Gasteiger partial charge in [0.1, 0.15) is 5.82 Å². The Morgan fingerprint density at radius 3 is 2.44 bits per heavy atom. The minimum atomic E-state index is -0.142. The maximum Gasteiger partial charge on any atom is 0.127 e. The normalized spacial score (nSPS) is 13.1. The van der Waals surface area contributed by atoms with Crippen molar-refractivity contribution in [3.05, 3.63) is 35.1 Å². The molecule has 0 radical (unpaired) electrons. The average Bonchev–Trinajstić information content (AvgIpc) is 2.31. The molecule has 0 amide bonds. The van der Waals surface area contributed by atoms with Crippen molar-refractivity contribution in [2.75, 3.05) is 13.1 Å². The highest BCUT2D eigenvalue weighted by molar-refractivity contribution is 5.27. The number of rotatable bonds is 5. The molecule has 1 unspecified atom stereocenters. The Hall–Kier alpha value is -0.930. The SMILES string of the molecule is CCN(CC)C(C)c1cc(CN)ccc1F. The summed E-state index contributed by atoms with van der Waals surface area (Å²) >= 11 is 0. The van der Waals surface area contributed by atoms with Crippen molar-refractivity contribution >= 4 is 0 Å². The number of hydrogen-bond donors (Lipinski definition) is 1. The predicted octanol–water partition coefficient (Wildman–Crippen LogP) is 2.69. The van der Waals surface area contributed by atoms with Gasteiger partial charge in [-0.3, -0.25) is 4.90 Å². The van der Waals surface area contributed by atoms with Crippen LogP contribution in [0, 0.1) is 5.82 Å². The summed E-state index contributed by atoms with van der Waals surface area (Å²) in [5, 5.41) is 0. The molecule has 90 valence electrons. The second kappa shape index (κ2) is 5.97. The first-order valence-corrected chi connectivity index (χ1v) is 5.86. The fourth-order valence-electron chi connectivity index (χ4n) is 2.01. The van der Waals surface area contributed by atoms with E-state index >= 15 is 0 Å². The van der Waals surface area contributed by atoms with Crippen molar-refractivity contribution in [1.29, 1.82) is 0 Å². The molecule has 0 aliphatic carbocycles. The lowest BCUT2D eigenvalue weighted by Gasteiger charge is -2.27. The van der Waals surface area contributed by atoms with Crippen molar-refractivity contribution in [1.82, 2.24) is 4.90 Å². The van der Waals surface area contributed by atoms with Gasteiger partial charge in [-0.05, 0) is 31.6 Å². The van der Waals surface area contributed by atoms with Gasteiger partial charge < -0.3 is 5.73 Å². The quantitative estimate of drug-likeness (QED) is 0.833. The third kappa shape index (κ3) is 2.80. The van der Waals surface area contributed by atoms with Gasteiger partial charge >= 0.3 is 0 Å². The van der Waals surface area contributed by atoms with Crippen LogP contribution in [0.2, 0.25) is 0 Å².